The average Bonchev–Trinajstić information content (AvgIpc) is 2.87. The number of ketones is 1. The van der Waals surface area contributed by atoms with E-state index in [0.29, 0.717) is 0 Å². The first-order chi connectivity index (χ1) is 9.45. The van der Waals surface area contributed by atoms with Crippen LogP contribution in [0.5, 0.6) is 5.75 Å². The Hall–Kier alpha value is -1.45. The van der Waals surface area contributed by atoms with Gasteiger partial charge in [0.05, 0.1) is 12.9 Å². The van der Waals surface area contributed by atoms with Crippen molar-refractivity contribution in [3.05, 3.63) is 18.1 Å². The molecule has 5 atom stereocenters. The van der Waals surface area contributed by atoms with Crippen molar-refractivity contribution in [2.24, 2.45) is 0 Å². The highest BCUT2D eigenvalue weighted by molar-refractivity contribution is 5.93. The van der Waals surface area contributed by atoms with Crippen molar-refractivity contribution in [2.45, 2.75) is 37.6 Å². The lowest BCUT2D eigenvalue weighted by atomic mass is 9.99. The van der Waals surface area contributed by atoms with Crippen LogP contribution in [0.3, 0.4) is 0 Å². The topological polar surface area (TPSA) is 130 Å². The zero-order chi connectivity index (χ0) is 14.9. The molecule has 1 fully saturated rings. The second-order valence-corrected chi connectivity index (χ2v) is 4.49. The van der Waals surface area contributed by atoms with Gasteiger partial charge in [-0.25, -0.2) is 0 Å². The predicted octanol–water partition coefficient (Wildman–Crippen LogP) is -1.34. The minimum Gasteiger partial charge on any atom is -0.458 e. The summed E-state index contributed by atoms with van der Waals surface area (Å²) in [6.45, 7) is 0.717. The minimum atomic E-state index is -1.54. The van der Waals surface area contributed by atoms with Crippen LogP contribution in [0, 0.1) is 0 Å². The number of aliphatic hydroxyl groups is 4. The van der Waals surface area contributed by atoms with Crippen LogP contribution in [0.15, 0.2) is 16.7 Å². The number of furan rings is 1. The molecule has 2 heterocycles. The van der Waals surface area contributed by atoms with Crippen molar-refractivity contribution in [3.8, 4) is 5.75 Å². The summed E-state index contributed by atoms with van der Waals surface area (Å²) in [5.74, 6) is -0.390. The number of carbonyl (C=O) groups excluding carboxylic acids is 1. The van der Waals surface area contributed by atoms with Crippen molar-refractivity contribution in [1.29, 1.82) is 0 Å². The van der Waals surface area contributed by atoms with Gasteiger partial charge in [-0.05, 0) is 0 Å². The highest BCUT2D eigenvalue weighted by atomic mass is 16.7. The third-order valence-corrected chi connectivity index (χ3v) is 3.04. The normalized spacial score (nSPS) is 34.0. The summed E-state index contributed by atoms with van der Waals surface area (Å²) >= 11 is 0. The number of aliphatic hydroxyl groups excluding tert-OH is 4. The molecule has 0 radical (unpaired) electrons. The van der Waals surface area contributed by atoms with Gasteiger partial charge >= 0.3 is 0 Å². The zero-order valence-corrected chi connectivity index (χ0v) is 10.7. The first-order valence-corrected chi connectivity index (χ1v) is 6.01. The fraction of sp³-hybridized carbons (Fsp3) is 0.583. The van der Waals surface area contributed by atoms with Crippen molar-refractivity contribution in [3.63, 3.8) is 0 Å². The number of hydrogen-bond acceptors (Lipinski definition) is 8. The third kappa shape index (κ3) is 2.69. The van der Waals surface area contributed by atoms with Gasteiger partial charge in [0.25, 0.3) is 0 Å². The molecule has 0 aromatic carbocycles. The van der Waals surface area contributed by atoms with E-state index in [1.165, 1.54) is 19.3 Å². The molecule has 1 aliphatic rings. The summed E-state index contributed by atoms with van der Waals surface area (Å²) in [6, 6.07) is 1.36. The lowest BCUT2D eigenvalue weighted by Crippen LogP contribution is -2.60. The summed E-state index contributed by atoms with van der Waals surface area (Å²) < 4.78 is 15.4. The molecule has 20 heavy (non-hydrogen) atoms. The van der Waals surface area contributed by atoms with Crippen molar-refractivity contribution in [1.82, 2.24) is 0 Å². The molecule has 112 valence electrons. The van der Waals surface area contributed by atoms with Crippen LogP contribution in [0.4, 0.5) is 0 Å². The van der Waals surface area contributed by atoms with Gasteiger partial charge in [-0.2, -0.15) is 0 Å². The maximum atomic E-state index is 11.3. The van der Waals surface area contributed by atoms with Crippen LogP contribution in [0.1, 0.15) is 17.5 Å². The van der Waals surface area contributed by atoms with E-state index in [0.717, 1.165) is 0 Å². The Kier molecular flexibility index (Phi) is 4.41. The zero-order valence-electron chi connectivity index (χ0n) is 10.7. The molecule has 1 saturated heterocycles. The van der Waals surface area contributed by atoms with Gasteiger partial charge in [0.1, 0.15) is 24.4 Å². The fourth-order valence-corrected chi connectivity index (χ4v) is 1.94. The van der Waals surface area contributed by atoms with Gasteiger partial charge in [0, 0.05) is 13.0 Å². The first-order valence-electron chi connectivity index (χ1n) is 6.01. The number of ether oxygens (including phenoxy) is 2. The molecule has 1 aliphatic heterocycles. The Labute approximate surface area is 114 Å². The van der Waals surface area contributed by atoms with Gasteiger partial charge < -0.3 is 34.3 Å². The molecule has 2 rings (SSSR count). The molecule has 8 nitrogen and oxygen atoms in total. The number of hydrogen-bond donors (Lipinski definition) is 4. The van der Waals surface area contributed by atoms with E-state index in [2.05, 4.69) is 0 Å². The smallest absolute Gasteiger partial charge is 0.229 e. The second-order valence-electron chi connectivity index (χ2n) is 4.49. The standard InChI is InChI=1S/C12H16O8/c1-5(14)11-6(2-3-18-11)19-12-10(17)9(16)8(15)7(4-13)20-12/h2-3,7-10,12-13,15-17H,4H2,1H3/t7-,8+,9+,10-,12-/m1/s1. The molecule has 4 N–H and O–H groups in total. The maximum absolute atomic E-state index is 11.3. The summed E-state index contributed by atoms with van der Waals surface area (Å²) in [5.41, 5.74) is 0. The van der Waals surface area contributed by atoms with Crippen molar-refractivity contribution < 1.29 is 39.1 Å². The minimum absolute atomic E-state index is 0.0434. The van der Waals surface area contributed by atoms with Gasteiger partial charge in [0.2, 0.25) is 12.1 Å². The van der Waals surface area contributed by atoms with E-state index in [9.17, 15) is 20.1 Å². The Balaban J connectivity index is 2.15. The number of Topliss-reactive ketones (excluding diaryl/α,β-unsaturated/α-hetero) is 1. The fourth-order valence-electron chi connectivity index (χ4n) is 1.94. The first kappa shape index (κ1) is 14.9. The Morgan fingerprint density at radius 2 is 2.00 bits per heavy atom. The molecular weight excluding hydrogens is 272 g/mol. The summed E-state index contributed by atoms with van der Waals surface area (Å²) in [5, 5.41) is 38.1. The molecule has 1 aromatic heterocycles. The van der Waals surface area contributed by atoms with Gasteiger partial charge in [-0.15, -0.1) is 0 Å². The lowest BCUT2D eigenvalue weighted by Gasteiger charge is -2.39. The quantitative estimate of drug-likeness (QED) is 0.501. The third-order valence-electron chi connectivity index (χ3n) is 3.04. The SMILES string of the molecule is CC(=O)c1occc1O[C@@H]1O[C@H](CO)[C@H](O)[C@H](O)[C@H]1O. The van der Waals surface area contributed by atoms with Crippen LogP contribution in [0.25, 0.3) is 0 Å². The van der Waals surface area contributed by atoms with E-state index in [-0.39, 0.29) is 17.3 Å². The summed E-state index contributed by atoms with van der Waals surface area (Å²) in [7, 11) is 0. The van der Waals surface area contributed by atoms with Crippen molar-refractivity contribution >= 4 is 5.78 Å². The Bertz CT molecular complexity index is 468. The highest BCUT2D eigenvalue weighted by Crippen LogP contribution is 2.27. The maximum Gasteiger partial charge on any atom is 0.229 e. The second kappa shape index (κ2) is 5.90. The summed E-state index contributed by atoms with van der Waals surface area (Å²) in [6.07, 6.45) is -5.74. The van der Waals surface area contributed by atoms with E-state index in [4.69, 9.17) is 19.0 Å². The molecule has 1 aromatic rings. The molecule has 0 spiro atoms. The average molecular weight is 288 g/mol. The molecule has 0 saturated carbocycles. The van der Waals surface area contributed by atoms with Crippen LogP contribution in [-0.2, 0) is 4.74 Å². The predicted molar refractivity (Wildman–Crippen MR) is 63.1 cm³/mol. The lowest BCUT2D eigenvalue weighted by molar-refractivity contribution is -0.277. The summed E-state index contributed by atoms with van der Waals surface area (Å²) in [4.78, 5) is 11.3. The molecule has 0 aliphatic carbocycles. The van der Waals surface area contributed by atoms with Crippen LogP contribution < -0.4 is 4.74 Å². The van der Waals surface area contributed by atoms with Gasteiger partial charge in [-0.1, -0.05) is 0 Å². The number of carbonyl (C=O) groups is 1. The van der Waals surface area contributed by atoms with Gasteiger partial charge in [0.15, 0.2) is 11.5 Å². The molecule has 0 unspecified atom stereocenters. The van der Waals surface area contributed by atoms with E-state index in [1.807, 2.05) is 0 Å². The van der Waals surface area contributed by atoms with Crippen LogP contribution in [-0.4, -0.2) is 63.5 Å². The van der Waals surface area contributed by atoms with Gasteiger partial charge in [-0.3, -0.25) is 4.79 Å². The molecular formula is C12H16O8. The molecule has 0 bridgehead atoms. The number of rotatable bonds is 4. The largest absolute Gasteiger partial charge is 0.458 e. The Morgan fingerprint density at radius 3 is 2.60 bits per heavy atom. The van der Waals surface area contributed by atoms with E-state index < -0.39 is 37.3 Å². The van der Waals surface area contributed by atoms with Crippen LogP contribution >= 0.6 is 0 Å². The van der Waals surface area contributed by atoms with E-state index >= 15 is 0 Å². The Morgan fingerprint density at radius 1 is 1.30 bits per heavy atom. The highest BCUT2D eigenvalue weighted by Gasteiger charge is 2.45. The molecule has 8 heteroatoms. The monoisotopic (exact) mass is 288 g/mol. The van der Waals surface area contributed by atoms with Crippen molar-refractivity contribution in [2.75, 3.05) is 6.61 Å². The molecule has 0 amide bonds. The van der Waals surface area contributed by atoms with Crippen LogP contribution in [0.2, 0.25) is 0 Å². The van der Waals surface area contributed by atoms with E-state index in [1.54, 1.807) is 0 Å².